The molecule has 0 saturated carbocycles. The lowest BCUT2D eigenvalue weighted by atomic mass is 10.1. The first kappa shape index (κ1) is 20.2. The van der Waals surface area contributed by atoms with Crippen molar-refractivity contribution in [2.24, 2.45) is 5.92 Å². The molecule has 1 aromatic rings. The Morgan fingerprint density at radius 1 is 1.27 bits per heavy atom. The van der Waals surface area contributed by atoms with Crippen LogP contribution in [0.4, 0.5) is 18.9 Å². The Balaban J connectivity index is 2.06. The van der Waals surface area contributed by atoms with E-state index >= 15 is 0 Å². The summed E-state index contributed by atoms with van der Waals surface area (Å²) in [5, 5.41) is 2.17. The molecule has 0 spiro atoms. The smallest absolute Gasteiger partial charge is 0.333 e. The van der Waals surface area contributed by atoms with E-state index in [0.717, 1.165) is 17.0 Å². The molecule has 1 N–H and O–H groups in total. The van der Waals surface area contributed by atoms with E-state index in [1.807, 2.05) is 0 Å². The normalized spacial score (nSPS) is 19.2. The second-order valence-electron chi connectivity index (χ2n) is 6.04. The lowest BCUT2D eigenvalue weighted by molar-refractivity contribution is -0.138. The molecular weight excluding hydrogens is 373 g/mol. The molecule has 26 heavy (non-hydrogen) atoms. The summed E-state index contributed by atoms with van der Waals surface area (Å²) >= 11 is 0. The number of para-hydroxylation sites is 1. The van der Waals surface area contributed by atoms with Gasteiger partial charge in [0.15, 0.2) is 9.84 Å². The number of amides is 2. The van der Waals surface area contributed by atoms with Gasteiger partial charge in [0.1, 0.15) is 0 Å². The fourth-order valence-electron chi connectivity index (χ4n) is 2.80. The summed E-state index contributed by atoms with van der Waals surface area (Å²) in [6, 6.07) is 4.54. The molecule has 1 aromatic carbocycles. The maximum atomic E-state index is 13.0. The molecule has 0 bridgehead atoms. The van der Waals surface area contributed by atoms with Gasteiger partial charge in [0.25, 0.3) is 0 Å². The Hall–Kier alpha value is -2.10. The molecule has 10 heteroatoms. The number of hydrogen-bond donors (Lipinski definition) is 1. The minimum absolute atomic E-state index is 0.0773. The van der Waals surface area contributed by atoms with Gasteiger partial charge >= 0.3 is 6.18 Å². The SMILES string of the molecule is CCN(CC(=O)Nc1ccccc1C(F)(F)F)C(=O)C1CCS(=O)(=O)C1. The van der Waals surface area contributed by atoms with Crippen LogP contribution in [0.15, 0.2) is 24.3 Å². The molecule has 1 saturated heterocycles. The number of nitrogens with one attached hydrogen (secondary N) is 1. The molecule has 6 nitrogen and oxygen atoms in total. The average molecular weight is 392 g/mol. The number of sulfone groups is 1. The highest BCUT2D eigenvalue weighted by atomic mass is 32.2. The Kier molecular flexibility index (Phi) is 5.94. The second-order valence-corrected chi connectivity index (χ2v) is 8.27. The van der Waals surface area contributed by atoms with Gasteiger partial charge in [-0.05, 0) is 25.5 Å². The van der Waals surface area contributed by atoms with Crippen molar-refractivity contribution in [2.75, 3.05) is 29.9 Å². The van der Waals surface area contributed by atoms with E-state index < -0.39 is 51.5 Å². The second kappa shape index (κ2) is 7.65. The van der Waals surface area contributed by atoms with Crippen molar-refractivity contribution in [3.63, 3.8) is 0 Å². The summed E-state index contributed by atoms with van der Waals surface area (Å²) in [5.41, 5.74) is -1.37. The first-order chi connectivity index (χ1) is 12.0. The van der Waals surface area contributed by atoms with Gasteiger partial charge in [0.2, 0.25) is 11.8 Å². The first-order valence-corrected chi connectivity index (χ1v) is 9.81. The molecule has 0 aliphatic carbocycles. The van der Waals surface area contributed by atoms with E-state index in [1.54, 1.807) is 6.92 Å². The molecule has 1 atom stereocenters. The van der Waals surface area contributed by atoms with Crippen LogP contribution >= 0.6 is 0 Å². The van der Waals surface area contributed by atoms with Crippen molar-refractivity contribution < 1.29 is 31.2 Å². The van der Waals surface area contributed by atoms with Crippen LogP contribution in [0.1, 0.15) is 18.9 Å². The van der Waals surface area contributed by atoms with E-state index in [0.29, 0.717) is 0 Å². The first-order valence-electron chi connectivity index (χ1n) is 7.99. The molecule has 144 valence electrons. The summed E-state index contributed by atoms with van der Waals surface area (Å²) in [6.45, 7) is 1.31. The van der Waals surface area contributed by atoms with Gasteiger partial charge in [-0.2, -0.15) is 13.2 Å². The van der Waals surface area contributed by atoms with Gasteiger partial charge in [0, 0.05) is 6.54 Å². The molecular formula is C16H19F3N2O4S. The Bertz CT molecular complexity index is 793. The third kappa shape index (κ3) is 4.96. The molecule has 1 aliphatic heterocycles. The minimum atomic E-state index is -4.62. The third-order valence-electron chi connectivity index (χ3n) is 4.12. The van der Waals surface area contributed by atoms with E-state index in [-0.39, 0.29) is 24.5 Å². The summed E-state index contributed by atoms with van der Waals surface area (Å²) < 4.78 is 61.9. The number of carbonyl (C=O) groups is 2. The minimum Gasteiger partial charge on any atom is -0.333 e. The topological polar surface area (TPSA) is 83.6 Å². The van der Waals surface area contributed by atoms with Crippen LogP contribution in [0.25, 0.3) is 0 Å². The van der Waals surface area contributed by atoms with Crippen molar-refractivity contribution >= 4 is 27.3 Å². The predicted molar refractivity (Wildman–Crippen MR) is 89.1 cm³/mol. The number of alkyl halides is 3. The number of anilines is 1. The summed E-state index contributed by atoms with van der Waals surface area (Å²) in [4.78, 5) is 25.6. The number of halogens is 3. The lowest BCUT2D eigenvalue weighted by Gasteiger charge is -2.23. The molecule has 2 amide bonds. The van der Waals surface area contributed by atoms with Crippen LogP contribution in [0.3, 0.4) is 0 Å². The van der Waals surface area contributed by atoms with Crippen LogP contribution < -0.4 is 5.32 Å². The zero-order valence-corrected chi connectivity index (χ0v) is 14.9. The number of likely N-dealkylation sites (N-methyl/N-ethyl adjacent to an activating group) is 1. The number of benzene rings is 1. The summed E-state index contributed by atoms with van der Waals surface area (Å²) in [5.74, 6) is -2.31. The van der Waals surface area contributed by atoms with Crippen molar-refractivity contribution in [3.05, 3.63) is 29.8 Å². The highest BCUT2D eigenvalue weighted by Crippen LogP contribution is 2.34. The molecule has 1 fully saturated rings. The lowest BCUT2D eigenvalue weighted by Crippen LogP contribution is -2.41. The highest BCUT2D eigenvalue weighted by molar-refractivity contribution is 7.91. The van der Waals surface area contributed by atoms with E-state index in [1.165, 1.54) is 12.1 Å². The predicted octanol–water partition coefficient (Wildman–Crippen LogP) is 1.93. The van der Waals surface area contributed by atoms with Crippen LogP contribution in [-0.2, 0) is 25.6 Å². The van der Waals surface area contributed by atoms with Crippen molar-refractivity contribution in [1.82, 2.24) is 4.90 Å². The number of hydrogen-bond acceptors (Lipinski definition) is 4. The standard InChI is InChI=1S/C16H19F3N2O4S/c1-2-21(15(23)11-7-8-26(24,25)10-11)9-14(22)20-13-6-4-3-5-12(13)16(17,18)19/h3-6,11H,2,7-10H2,1H3,(H,20,22). The van der Waals surface area contributed by atoms with Crippen molar-refractivity contribution in [2.45, 2.75) is 19.5 Å². The Morgan fingerprint density at radius 3 is 2.46 bits per heavy atom. The number of carbonyl (C=O) groups excluding carboxylic acids is 2. The van der Waals surface area contributed by atoms with Crippen molar-refractivity contribution in [1.29, 1.82) is 0 Å². The highest BCUT2D eigenvalue weighted by Gasteiger charge is 2.36. The van der Waals surface area contributed by atoms with Gasteiger partial charge < -0.3 is 10.2 Å². The Labute approximate surface area is 149 Å². The summed E-state index contributed by atoms with van der Waals surface area (Å²) in [6.07, 6.45) is -4.43. The zero-order valence-electron chi connectivity index (χ0n) is 14.0. The van der Waals surface area contributed by atoms with E-state index in [4.69, 9.17) is 0 Å². The van der Waals surface area contributed by atoms with Gasteiger partial charge in [-0.3, -0.25) is 9.59 Å². The fraction of sp³-hybridized carbons (Fsp3) is 0.500. The quantitative estimate of drug-likeness (QED) is 0.830. The van der Waals surface area contributed by atoms with E-state index in [2.05, 4.69) is 5.32 Å². The fourth-order valence-corrected chi connectivity index (χ4v) is 4.53. The van der Waals surface area contributed by atoms with E-state index in [9.17, 15) is 31.2 Å². The average Bonchev–Trinajstić information content (AvgIpc) is 2.91. The third-order valence-corrected chi connectivity index (χ3v) is 5.88. The monoisotopic (exact) mass is 392 g/mol. The molecule has 1 unspecified atom stereocenters. The maximum Gasteiger partial charge on any atom is 0.418 e. The maximum absolute atomic E-state index is 13.0. The summed E-state index contributed by atoms with van der Waals surface area (Å²) in [7, 11) is -3.25. The molecule has 1 aliphatic rings. The number of rotatable bonds is 5. The van der Waals surface area contributed by atoms with Gasteiger partial charge in [-0.25, -0.2) is 8.42 Å². The van der Waals surface area contributed by atoms with Crippen LogP contribution in [-0.4, -0.2) is 49.7 Å². The number of nitrogens with zero attached hydrogens (tertiary/aromatic N) is 1. The van der Waals surface area contributed by atoms with Crippen LogP contribution in [0, 0.1) is 5.92 Å². The molecule has 0 aromatic heterocycles. The molecule has 1 heterocycles. The van der Waals surface area contributed by atoms with Gasteiger partial charge in [-0.15, -0.1) is 0 Å². The van der Waals surface area contributed by atoms with Gasteiger partial charge in [-0.1, -0.05) is 12.1 Å². The van der Waals surface area contributed by atoms with Gasteiger partial charge in [0.05, 0.1) is 35.2 Å². The molecule has 2 rings (SSSR count). The van der Waals surface area contributed by atoms with Crippen LogP contribution in [0.5, 0.6) is 0 Å². The largest absolute Gasteiger partial charge is 0.418 e. The molecule has 0 radical (unpaired) electrons. The Morgan fingerprint density at radius 2 is 1.92 bits per heavy atom. The van der Waals surface area contributed by atoms with Crippen LogP contribution in [0.2, 0.25) is 0 Å². The van der Waals surface area contributed by atoms with Crippen molar-refractivity contribution in [3.8, 4) is 0 Å². The zero-order chi connectivity index (χ0) is 19.5.